The van der Waals surface area contributed by atoms with Crippen LogP contribution >= 0.6 is 0 Å². The molecule has 0 rings (SSSR count). The van der Waals surface area contributed by atoms with E-state index in [0.29, 0.717) is 0 Å². The first-order valence-corrected chi connectivity index (χ1v) is 9.01. The number of hydrogen-bond acceptors (Lipinski definition) is 2. The zero-order chi connectivity index (χ0) is 15.0. The molecule has 0 saturated heterocycles. The smallest absolute Gasteiger partial charge is 1.00 e. The van der Waals surface area contributed by atoms with Crippen LogP contribution in [0.3, 0.4) is 0 Å². The molecular weight excluding hydrogens is 303 g/mol. The number of hydrogen-bond donors (Lipinski definition) is 2. The molecule has 0 aromatic carbocycles. The van der Waals surface area contributed by atoms with Crippen LogP contribution in [0.2, 0.25) is 0 Å². The molecule has 0 aliphatic carbocycles. The monoisotopic (exact) mass is 336 g/mol. The molecule has 0 heterocycles. The van der Waals surface area contributed by atoms with Gasteiger partial charge in [-0.1, -0.05) is 90.9 Å². The van der Waals surface area contributed by atoms with Crippen LogP contribution in [0.25, 0.3) is 0 Å². The summed E-state index contributed by atoms with van der Waals surface area (Å²) in [5.41, 5.74) is 0. The molecule has 0 amide bonds. The Kier molecular flexibility index (Phi) is 27.1. The maximum Gasteiger partial charge on any atom is 1.00 e. The van der Waals surface area contributed by atoms with Crippen LogP contribution in [-0.4, -0.2) is 17.5 Å². The molecule has 0 unspecified atom stereocenters. The summed E-state index contributed by atoms with van der Waals surface area (Å²) in [5, 5.41) is 0. The van der Waals surface area contributed by atoms with Gasteiger partial charge >= 0.3 is 61.8 Å². The molecule has 120 valence electrons. The second-order valence-corrected chi connectivity index (χ2v) is 5.88. The van der Waals surface area contributed by atoms with Crippen LogP contribution in [0, 0.1) is 0 Å². The largest absolute Gasteiger partial charge is 1.00 e. The average molecular weight is 337 g/mol. The third kappa shape index (κ3) is 42.7. The van der Waals surface area contributed by atoms with E-state index in [1.807, 2.05) is 0 Å². The molecule has 0 aliphatic heterocycles. The van der Waals surface area contributed by atoms with Gasteiger partial charge in [0, 0.05) is 0 Å². The molecular formula is C14H33KO4S. The minimum Gasteiger partial charge on any atom is -1.00 e. The van der Waals surface area contributed by atoms with Crippen molar-refractivity contribution in [2.24, 2.45) is 0 Å². The Bertz CT molecular complexity index is 242. The average Bonchev–Trinajstić information content (AvgIpc) is 2.29. The summed E-state index contributed by atoms with van der Waals surface area (Å²) < 4.78 is 31.6. The van der Waals surface area contributed by atoms with Crippen molar-refractivity contribution in [3.63, 3.8) is 0 Å². The van der Waals surface area contributed by atoms with Gasteiger partial charge in [0.2, 0.25) is 0 Å². The number of unbranched alkanes of at least 4 members (excludes halogenated alkanes) is 11. The molecule has 6 heteroatoms. The number of rotatable bonds is 11. The normalized spacial score (nSPS) is 10.4. The van der Waals surface area contributed by atoms with Gasteiger partial charge in [-0.25, -0.2) is 0 Å². The standard InChI is InChI=1S/C14H30.K.H2O4S.H/c1-3-5-7-9-11-13-14-12-10-8-6-4-2;;1-5(2,3)4;/h3-14H2,1-2H3;;(H2,1,2,3,4);/q;+1;;-1. The molecule has 0 aromatic rings. The SMILES string of the molecule is CCCCCCCCCCCCCC.O=S(=O)(O)O.[H-].[K+]. The summed E-state index contributed by atoms with van der Waals surface area (Å²) in [5.74, 6) is 0. The van der Waals surface area contributed by atoms with Crippen molar-refractivity contribution >= 4 is 10.4 Å². The first kappa shape index (κ1) is 26.4. The van der Waals surface area contributed by atoms with Crippen molar-refractivity contribution in [1.82, 2.24) is 0 Å². The van der Waals surface area contributed by atoms with E-state index in [4.69, 9.17) is 17.5 Å². The molecule has 0 fully saturated rings. The van der Waals surface area contributed by atoms with E-state index in [1.165, 1.54) is 77.0 Å². The molecule has 0 aliphatic rings. The predicted molar refractivity (Wildman–Crippen MR) is 82.0 cm³/mol. The van der Waals surface area contributed by atoms with Gasteiger partial charge in [0.1, 0.15) is 0 Å². The van der Waals surface area contributed by atoms with Crippen molar-refractivity contribution in [2.45, 2.75) is 90.9 Å². The van der Waals surface area contributed by atoms with Gasteiger partial charge in [-0.3, -0.25) is 9.11 Å². The molecule has 20 heavy (non-hydrogen) atoms. The van der Waals surface area contributed by atoms with Gasteiger partial charge in [-0.05, 0) is 0 Å². The summed E-state index contributed by atoms with van der Waals surface area (Å²) >= 11 is 0. The molecule has 4 nitrogen and oxygen atoms in total. The van der Waals surface area contributed by atoms with E-state index in [0.717, 1.165) is 0 Å². The summed E-state index contributed by atoms with van der Waals surface area (Å²) in [6, 6.07) is 0. The fourth-order valence-corrected chi connectivity index (χ4v) is 1.91. The molecule has 0 atom stereocenters. The summed E-state index contributed by atoms with van der Waals surface area (Å²) in [4.78, 5) is 0. The zero-order valence-electron chi connectivity index (χ0n) is 14.6. The Morgan fingerprint density at radius 3 is 0.950 bits per heavy atom. The third-order valence-electron chi connectivity index (χ3n) is 2.96. The van der Waals surface area contributed by atoms with Crippen LogP contribution in [-0.2, 0) is 10.4 Å². The Balaban J connectivity index is -0.000000179. The van der Waals surface area contributed by atoms with Gasteiger partial charge in [0.25, 0.3) is 0 Å². The van der Waals surface area contributed by atoms with Crippen molar-refractivity contribution < 1.29 is 70.3 Å². The van der Waals surface area contributed by atoms with E-state index >= 15 is 0 Å². The molecule has 0 aromatic heterocycles. The van der Waals surface area contributed by atoms with Crippen molar-refractivity contribution in [1.29, 1.82) is 0 Å². The Morgan fingerprint density at radius 2 is 0.800 bits per heavy atom. The fourth-order valence-electron chi connectivity index (χ4n) is 1.91. The van der Waals surface area contributed by atoms with Crippen molar-refractivity contribution in [3.8, 4) is 0 Å². The molecule has 0 radical (unpaired) electrons. The van der Waals surface area contributed by atoms with Crippen LogP contribution in [0.5, 0.6) is 0 Å². The Hall–Kier alpha value is 1.51. The van der Waals surface area contributed by atoms with Gasteiger partial charge in [0.05, 0.1) is 0 Å². The summed E-state index contributed by atoms with van der Waals surface area (Å²) in [6.07, 6.45) is 17.4. The van der Waals surface area contributed by atoms with Crippen LogP contribution in [0.15, 0.2) is 0 Å². The van der Waals surface area contributed by atoms with Crippen LogP contribution in [0.1, 0.15) is 92.3 Å². The molecule has 0 bridgehead atoms. The summed E-state index contributed by atoms with van der Waals surface area (Å²) in [7, 11) is -4.67. The predicted octanol–water partition coefficient (Wildman–Crippen LogP) is 2.17. The van der Waals surface area contributed by atoms with E-state index < -0.39 is 10.4 Å². The Morgan fingerprint density at radius 1 is 0.650 bits per heavy atom. The van der Waals surface area contributed by atoms with E-state index in [2.05, 4.69) is 13.8 Å². The zero-order valence-corrected chi connectivity index (χ0v) is 17.5. The Labute approximate surface area is 170 Å². The molecule has 2 N–H and O–H groups in total. The van der Waals surface area contributed by atoms with Gasteiger partial charge in [-0.15, -0.1) is 0 Å². The maximum atomic E-state index is 8.74. The quantitative estimate of drug-likeness (QED) is 0.344. The molecule has 0 saturated carbocycles. The second-order valence-electron chi connectivity index (χ2n) is 4.98. The van der Waals surface area contributed by atoms with Crippen LogP contribution in [0.4, 0.5) is 0 Å². The van der Waals surface area contributed by atoms with Crippen LogP contribution < -0.4 is 51.4 Å². The topological polar surface area (TPSA) is 74.6 Å². The third-order valence-corrected chi connectivity index (χ3v) is 2.96. The minimum atomic E-state index is -4.67. The van der Waals surface area contributed by atoms with Crippen molar-refractivity contribution in [2.75, 3.05) is 0 Å². The fraction of sp³-hybridized carbons (Fsp3) is 1.00. The first-order valence-electron chi connectivity index (χ1n) is 7.61. The van der Waals surface area contributed by atoms with E-state index in [1.54, 1.807) is 0 Å². The van der Waals surface area contributed by atoms with Gasteiger partial charge < -0.3 is 1.43 Å². The van der Waals surface area contributed by atoms with Gasteiger partial charge in [0.15, 0.2) is 0 Å². The van der Waals surface area contributed by atoms with Gasteiger partial charge in [-0.2, -0.15) is 8.42 Å². The first-order chi connectivity index (χ1) is 8.91. The van der Waals surface area contributed by atoms with E-state index in [9.17, 15) is 0 Å². The van der Waals surface area contributed by atoms with E-state index in [-0.39, 0.29) is 52.8 Å². The minimum absolute atomic E-state index is 0. The van der Waals surface area contributed by atoms with Crippen molar-refractivity contribution in [3.05, 3.63) is 0 Å². The molecule has 0 spiro atoms. The second kappa shape index (κ2) is 20.5. The maximum absolute atomic E-state index is 8.74. The summed E-state index contributed by atoms with van der Waals surface area (Å²) in [6.45, 7) is 4.57.